The number of aromatic nitrogens is 1. The number of benzene rings is 1. The molecular weight excluding hydrogens is 270 g/mol. The van der Waals surface area contributed by atoms with E-state index in [1.807, 2.05) is 6.20 Å². The largest absolute Gasteiger partial charge is 0.359 e. The van der Waals surface area contributed by atoms with E-state index in [4.69, 9.17) is 0 Å². The molecule has 2 heterocycles. The predicted octanol–water partition coefficient (Wildman–Crippen LogP) is 4.51. The predicted molar refractivity (Wildman–Crippen MR) is 95.0 cm³/mol. The lowest BCUT2D eigenvalue weighted by molar-refractivity contribution is 0.303. The smallest absolute Gasteiger partial charge is 0.0639 e. The third-order valence-electron chi connectivity index (χ3n) is 5.16. The van der Waals surface area contributed by atoms with Gasteiger partial charge in [-0.05, 0) is 37.3 Å². The van der Waals surface area contributed by atoms with Crippen molar-refractivity contribution in [2.75, 3.05) is 11.9 Å². The van der Waals surface area contributed by atoms with Crippen LogP contribution in [0.5, 0.6) is 0 Å². The molecule has 3 heteroatoms. The quantitative estimate of drug-likeness (QED) is 0.734. The first-order chi connectivity index (χ1) is 10.7. The van der Waals surface area contributed by atoms with Gasteiger partial charge in [0.15, 0.2) is 0 Å². The summed E-state index contributed by atoms with van der Waals surface area (Å²) >= 11 is 0. The third kappa shape index (κ3) is 2.91. The maximum atomic E-state index is 4.32. The average Bonchev–Trinajstić information content (AvgIpc) is 3.18. The highest BCUT2D eigenvalue weighted by molar-refractivity contribution is 5.92. The Labute approximate surface area is 133 Å². The molecule has 0 aliphatic carbocycles. The average molecular weight is 297 g/mol. The Morgan fingerprint density at radius 2 is 2.23 bits per heavy atom. The number of hydrogen-bond donors (Lipinski definition) is 3. The number of aromatic amines is 1. The fourth-order valence-corrected chi connectivity index (χ4v) is 3.78. The van der Waals surface area contributed by atoms with Crippen LogP contribution in [0.4, 0.5) is 5.69 Å². The zero-order valence-corrected chi connectivity index (χ0v) is 13.7. The Hall–Kier alpha value is -1.74. The van der Waals surface area contributed by atoms with Crippen molar-refractivity contribution in [2.45, 2.75) is 39.2 Å². The van der Waals surface area contributed by atoms with Crippen molar-refractivity contribution in [1.82, 2.24) is 10.3 Å². The van der Waals surface area contributed by atoms with Crippen LogP contribution in [0.1, 0.15) is 33.1 Å². The number of hydrogen-bond acceptors (Lipinski definition) is 2. The van der Waals surface area contributed by atoms with E-state index in [0.717, 1.165) is 23.4 Å². The monoisotopic (exact) mass is 297 g/mol. The second-order valence-corrected chi connectivity index (χ2v) is 6.46. The topological polar surface area (TPSA) is 39.9 Å². The van der Waals surface area contributed by atoms with Crippen LogP contribution in [-0.2, 0) is 0 Å². The van der Waals surface area contributed by atoms with Crippen LogP contribution in [0.3, 0.4) is 0 Å². The maximum absolute atomic E-state index is 4.32. The molecule has 0 spiro atoms. The van der Waals surface area contributed by atoms with Gasteiger partial charge in [-0.3, -0.25) is 0 Å². The van der Waals surface area contributed by atoms with Gasteiger partial charge in [-0.2, -0.15) is 0 Å². The van der Waals surface area contributed by atoms with E-state index >= 15 is 0 Å². The fraction of sp³-hybridized carbons (Fsp3) is 0.474. The normalized spacial score (nSPS) is 20.9. The summed E-state index contributed by atoms with van der Waals surface area (Å²) in [5, 5.41) is 8.43. The Bertz CT molecular complexity index is 637. The minimum absolute atomic E-state index is 0.453. The number of para-hydroxylation sites is 1. The highest BCUT2D eigenvalue weighted by atomic mass is 15.0. The summed E-state index contributed by atoms with van der Waals surface area (Å²) < 4.78 is 0. The Morgan fingerprint density at radius 1 is 1.41 bits per heavy atom. The summed E-state index contributed by atoms with van der Waals surface area (Å²) in [4.78, 5) is 3.31. The SMILES string of the molecule is C=C(Nc1c[nH]c2ccccc12)C(C)C(CC)C1CCCN1. The van der Waals surface area contributed by atoms with E-state index in [1.165, 1.54) is 24.6 Å². The summed E-state index contributed by atoms with van der Waals surface area (Å²) in [7, 11) is 0. The summed E-state index contributed by atoms with van der Waals surface area (Å²) in [6, 6.07) is 9.01. The lowest BCUT2D eigenvalue weighted by atomic mass is 9.82. The van der Waals surface area contributed by atoms with Gasteiger partial charge < -0.3 is 15.6 Å². The number of anilines is 1. The van der Waals surface area contributed by atoms with Gasteiger partial charge in [-0.15, -0.1) is 0 Å². The van der Waals surface area contributed by atoms with Crippen molar-refractivity contribution in [2.24, 2.45) is 11.8 Å². The lowest BCUT2D eigenvalue weighted by Gasteiger charge is -2.30. The minimum atomic E-state index is 0.453. The molecule has 3 N–H and O–H groups in total. The van der Waals surface area contributed by atoms with Gasteiger partial charge >= 0.3 is 0 Å². The lowest BCUT2D eigenvalue weighted by Crippen LogP contribution is -2.35. The van der Waals surface area contributed by atoms with Crippen LogP contribution < -0.4 is 10.6 Å². The van der Waals surface area contributed by atoms with E-state index < -0.39 is 0 Å². The molecule has 3 rings (SSSR count). The van der Waals surface area contributed by atoms with Crippen molar-refractivity contribution < 1.29 is 0 Å². The molecule has 2 aromatic rings. The number of allylic oxidation sites excluding steroid dienone is 1. The third-order valence-corrected chi connectivity index (χ3v) is 5.16. The number of H-pyrrole nitrogens is 1. The van der Waals surface area contributed by atoms with Crippen molar-refractivity contribution >= 4 is 16.6 Å². The van der Waals surface area contributed by atoms with Gasteiger partial charge in [-0.25, -0.2) is 0 Å². The Balaban J connectivity index is 1.72. The summed E-state index contributed by atoms with van der Waals surface area (Å²) in [5.41, 5.74) is 3.40. The standard InChI is InChI=1S/C19H27N3/c1-4-15(17-10-7-11-20-17)13(2)14(3)22-19-12-21-18-9-6-5-8-16(18)19/h5-6,8-9,12-13,15,17,20-22H,3-4,7,10-11H2,1-2H3. The zero-order chi connectivity index (χ0) is 15.5. The van der Waals surface area contributed by atoms with Crippen LogP contribution in [0.15, 0.2) is 42.7 Å². The van der Waals surface area contributed by atoms with Gasteiger partial charge in [0, 0.05) is 28.8 Å². The van der Waals surface area contributed by atoms with Gasteiger partial charge in [0.1, 0.15) is 0 Å². The first kappa shape index (κ1) is 15.2. The van der Waals surface area contributed by atoms with Crippen LogP contribution in [0.2, 0.25) is 0 Å². The first-order valence-electron chi connectivity index (χ1n) is 8.46. The molecule has 1 aromatic heterocycles. The molecule has 1 aliphatic heterocycles. The van der Waals surface area contributed by atoms with Crippen LogP contribution in [0.25, 0.3) is 10.9 Å². The molecule has 22 heavy (non-hydrogen) atoms. The zero-order valence-electron chi connectivity index (χ0n) is 13.7. The number of fused-ring (bicyclic) bond motifs is 1. The molecule has 1 aromatic carbocycles. The van der Waals surface area contributed by atoms with Gasteiger partial charge in [0.25, 0.3) is 0 Å². The molecule has 1 aliphatic rings. The van der Waals surface area contributed by atoms with E-state index in [1.54, 1.807) is 0 Å². The highest BCUT2D eigenvalue weighted by Crippen LogP contribution is 2.31. The van der Waals surface area contributed by atoms with E-state index in [2.05, 4.69) is 60.3 Å². The van der Waals surface area contributed by atoms with Crippen molar-refractivity contribution in [3.63, 3.8) is 0 Å². The summed E-state index contributed by atoms with van der Waals surface area (Å²) in [6.07, 6.45) is 5.82. The molecule has 3 nitrogen and oxygen atoms in total. The number of nitrogens with one attached hydrogen (secondary N) is 3. The molecule has 0 radical (unpaired) electrons. The highest BCUT2D eigenvalue weighted by Gasteiger charge is 2.29. The van der Waals surface area contributed by atoms with E-state index in [0.29, 0.717) is 17.9 Å². The Morgan fingerprint density at radius 3 is 2.95 bits per heavy atom. The first-order valence-corrected chi connectivity index (χ1v) is 8.46. The molecule has 118 valence electrons. The van der Waals surface area contributed by atoms with Crippen molar-refractivity contribution in [3.05, 3.63) is 42.7 Å². The second kappa shape index (κ2) is 6.57. The van der Waals surface area contributed by atoms with E-state index in [9.17, 15) is 0 Å². The molecule has 1 saturated heterocycles. The van der Waals surface area contributed by atoms with Crippen LogP contribution >= 0.6 is 0 Å². The summed E-state index contributed by atoms with van der Waals surface area (Å²) in [5.74, 6) is 1.10. The van der Waals surface area contributed by atoms with Gasteiger partial charge in [-0.1, -0.05) is 45.0 Å². The van der Waals surface area contributed by atoms with Crippen molar-refractivity contribution in [1.29, 1.82) is 0 Å². The summed E-state index contributed by atoms with van der Waals surface area (Å²) in [6.45, 7) is 10.1. The molecule has 3 unspecified atom stereocenters. The fourth-order valence-electron chi connectivity index (χ4n) is 3.78. The van der Waals surface area contributed by atoms with Crippen molar-refractivity contribution in [3.8, 4) is 0 Å². The van der Waals surface area contributed by atoms with Gasteiger partial charge in [0.2, 0.25) is 0 Å². The molecular formula is C19H27N3. The second-order valence-electron chi connectivity index (χ2n) is 6.46. The van der Waals surface area contributed by atoms with Crippen LogP contribution in [0, 0.1) is 11.8 Å². The number of rotatable bonds is 6. The Kier molecular flexibility index (Phi) is 4.53. The molecule has 3 atom stereocenters. The van der Waals surface area contributed by atoms with E-state index in [-0.39, 0.29) is 0 Å². The molecule has 0 amide bonds. The minimum Gasteiger partial charge on any atom is -0.359 e. The van der Waals surface area contributed by atoms with Crippen LogP contribution in [-0.4, -0.2) is 17.6 Å². The molecule has 0 saturated carbocycles. The maximum Gasteiger partial charge on any atom is 0.0639 e. The molecule has 0 bridgehead atoms. The molecule has 1 fully saturated rings. The van der Waals surface area contributed by atoms with Gasteiger partial charge in [0.05, 0.1) is 5.69 Å².